The summed E-state index contributed by atoms with van der Waals surface area (Å²) in [5.74, 6) is 2.09. The van der Waals surface area contributed by atoms with Gasteiger partial charge in [-0.05, 0) is 30.6 Å². The minimum Gasteiger partial charge on any atom is -0.443 e. The Morgan fingerprint density at radius 2 is 1.89 bits per heavy atom. The van der Waals surface area contributed by atoms with Crippen LogP contribution in [0.4, 0.5) is 0 Å². The van der Waals surface area contributed by atoms with Crippen molar-refractivity contribution in [1.29, 1.82) is 0 Å². The summed E-state index contributed by atoms with van der Waals surface area (Å²) in [4.78, 5) is 19.6. The van der Waals surface area contributed by atoms with Gasteiger partial charge in [-0.1, -0.05) is 42.5 Å². The van der Waals surface area contributed by atoms with Crippen LogP contribution in [0.15, 0.2) is 53.3 Å². The molecule has 1 aliphatic heterocycles. The monoisotopic (exact) mass is 380 g/mol. The number of nitrogens with zero attached hydrogens (tertiary/aromatic N) is 2. The maximum absolute atomic E-state index is 13.5. The SMILES string of the molecule is O=C(c1ncoc1-c1ccccc1)N(CC1OCCO1)C[C@H]1C[C@H]2C=C[C@@H]1C2. The maximum Gasteiger partial charge on any atom is 0.276 e. The van der Waals surface area contributed by atoms with Gasteiger partial charge in [-0.15, -0.1) is 0 Å². The fourth-order valence-corrected chi connectivity index (χ4v) is 4.66. The van der Waals surface area contributed by atoms with E-state index in [1.807, 2.05) is 35.2 Å². The van der Waals surface area contributed by atoms with Crippen LogP contribution in [-0.4, -0.2) is 48.4 Å². The van der Waals surface area contributed by atoms with Gasteiger partial charge in [0, 0.05) is 12.1 Å². The minimum absolute atomic E-state index is 0.126. The van der Waals surface area contributed by atoms with Gasteiger partial charge >= 0.3 is 0 Å². The Labute approximate surface area is 164 Å². The van der Waals surface area contributed by atoms with Crippen LogP contribution in [0.3, 0.4) is 0 Å². The van der Waals surface area contributed by atoms with Crippen molar-refractivity contribution in [2.45, 2.75) is 19.1 Å². The molecule has 6 heteroatoms. The number of benzene rings is 1. The number of fused-ring (bicyclic) bond motifs is 2. The second kappa shape index (κ2) is 7.53. The molecule has 0 spiro atoms. The number of hydrogen-bond donors (Lipinski definition) is 0. The Kier molecular flexibility index (Phi) is 4.74. The molecule has 1 saturated heterocycles. The highest BCUT2D eigenvalue weighted by molar-refractivity contribution is 5.97. The van der Waals surface area contributed by atoms with Crippen LogP contribution in [-0.2, 0) is 9.47 Å². The third-order valence-electron chi connectivity index (χ3n) is 6.02. The summed E-state index contributed by atoms with van der Waals surface area (Å²) in [7, 11) is 0. The molecule has 146 valence electrons. The lowest BCUT2D eigenvalue weighted by molar-refractivity contribution is -0.0593. The van der Waals surface area contributed by atoms with Gasteiger partial charge in [-0.3, -0.25) is 4.79 Å². The van der Waals surface area contributed by atoms with Crippen LogP contribution >= 0.6 is 0 Å². The summed E-state index contributed by atoms with van der Waals surface area (Å²) >= 11 is 0. The fraction of sp³-hybridized carbons (Fsp3) is 0.455. The van der Waals surface area contributed by atoms with Crippen LogP contribution in [0.25, 0.3) is 11.3 Å². The van der Waals surface area contributed by atoms with Gasteiger partial charge in [0.25, 0.3) is 5.91 Å². The molecule has 2 fully saturated rings. The number of aromatic nitrogens is 1. The Morgan fingerprint density at radius 3 is 2.61 bits per heavy atom. The highest BCUT2D eigenvalue weighted by Crippen LogP contribution is 2.43. The lowest BCUT2D eigenvalue weighted by Gasteiger charge is -2.29. The van der Waals surface area contributed by atoms with Crippen LogP contribution in [0, 0.1) is 17.8 Å². The zero-order valence-electron chi connectivity index (χ0n) is 15.7. The Hall–Kier alpha value is -2.44. The largest absolute Gasteiger partial charge is 0.443 e. The number of rotatable bonds is 6. The average molecular weight is 380 g/mol. The number of ether oxygens (including phenoxy) is 2. The number of oxazole rings is 1. The summed E-state index contributed by atoms with van der Waals surface area (Å²) < 4.78 is 16.8. The van der Waals surface area contributed by atoms with E-state index in [0.717, 1.165) is 12.0 Å². The van der Waals surface area contributed by atoms with Crippen molar-refractivity contribution in [2.24, 2.45) is 17.8 Å². The average Bonchev–Trinajstić information content (AvgIpc) is 3.52. The lowest BCUT2D eigenvalue weighted by atomic mass is 9.93. The molecule has 1 aromatic heterocycles. The van der Waals surface area contributed by atoms with Crippen molar-refractivity contribution >= 4 is 5.91 Å². The van der Waals surface area contributed by atoms with Gasteiger partial charge in [0.1, 0.15) is 0 Å². The first-order valence-electron chi connectivity index (χ1n) is 9.97. The molecule has 1 aromatic carbocycles. The molecule has 1 saturated carbocycles. The van der Waals surface area contributed by atoms with Gasteiger partial charge in [0.05, 0.1) is 19.8 Å². The highest BCUT2D eigenvalue weighted by Gasteiger charge is 2.38. The Bertz CT molecular complexity index is 856. The predicted molar refractivity (Wildman–Crippen MR) is 102 cm³/mol. The molecular formula is C22H24N2O4. The number of allylic oxidation sites excluding steroid dienone is 2. The van der Waals surface area contributed by atoms with Gasteiger partial charge in [0.2, 0.25) is 0 Å². The zero-order chi connectivity index (χ0) is 18.9. The van der Waals surface area contributed by atoms with Gasteiger partial charge in [0.15, 0.2) is 24.1 Å². The quantitative estimate of drug-likeness (QED) is 0.719. The van der Waals surface area contributed by atoms with Crippen molar-refractivity contribution in [3.05, 3.63) is 54.6 Å². The molecule has 5 rings (SSSR count). The van der Waals surface area contributed by atoms with E-state index in [1.54, 1.807) is 0 Å². The lowest BCUT2D eigenvalue weighted by Crippen LogP contribution is -2.42. The molecule has 1 amide bonds. The molecule has 0 unspecified atom stereocenters. The first-order chi connectivity index (χ1) is 13.8. The summed E-state index contributed by atoms with van der Waals surface area (Å²) in [5.41, 5.74) is 1.20. The molecule has 2 heterocycles. The number of amides is 1. The van der Waals surface area contributed by atoms with E-state index in [0.29, 0.717) is 55.5 Å². The van der Waals surface area contributed by atoms with Gasteiger partial charge in [-0.25, -0.2) is 4.98 Å². The molecule has 6 nitrogen and oxygen atoms in total. The molecule has 3 aliphatic rings. The first-order valence-corrected chi connectivity index (χ1v) is 9.97. The van der Waals surface area contributed by atoms with Crippen molar-refractivity contribution in [3.63, 3.8) is 0 Å². The van der Waals surface area contributed by atoms with E-state index < -0.39 is 0 Å². The number of hydrogen-bond acceptors (Lipinski definition) is 5. The third-order valence-corrected chi connectivity index (χ3v) is 6.02. The van der Waals surface area contributed by atoms with E-state index in [2.05, 4.69) is 17.1 Å². The fourth-order valence-electron chi connectivity index (χ4n) is 4.66. The van der Waals surface area contributed by atoms with Gasteiger partial charge < -0.3 is 18.8 Å². The molecule has 2 aromatic rings. The van der Waals surface area contributed by atoms with Gasteiger partial charge in [-0.2, -0.15) is 0 Å². The number of carbonyl (C=O) groups is 1. The summed E-state index contributed by atoms with van der Waals surface area (Å²) in [6.07, 6.45) is 7.96. The second-order valence-corrected chi connectivity index (χ2v) is 7.82. The predicted octanol–water partition coefficient (Wildman–Crippen LogP) is 3.37. The molecule has 28 heavy (non-hydrogen) atoms. The standard InChI is InChI=1S/C22H24N2O4/c25-22(20-21(28-14-23-20)16-4-2-1-3-5-16)24(13-19-26-8-9-27-19)12-18-11-15-6-7-17(18)10-15/h1-7,14-15,17-19H,8-13H2/t15-,17+,18+/m0/s1. The summed E-state index contributed by atoms with van der Waals surface area (Å²) in [6, 6.07) is 9.62. The molecule has 2 bridgehead atoms. The van der Waals surface area contributed by atoms with Crippen LogP contribution in [0.2, 0.25) is 0 Å². The first kappa shape index (κ1) is 17.6. The number of carbonyl (C=O) groups excluding carboxylic acids is 1. The van der Waals surface area contributed by atoms with Crippen LogP contribution in [0.5, 0.6) is 0 Å². The third kappa shape index (κ3) is 3.38. The Morgan fingerprint density at radius 1 is 1.07 bits per heavy atom. The van der Waals surface area contributed by atoms with Crippen molar-refractivity contribution in [2.75, 3.05) is 26.3 Å². The smallest absolute Gasteiger partial charge is 0.276 e. The van der Waals surface area contributed by atoms with Crippen molar-refractivity contribution in [1.82, 2.24) is 9.88 Å². The van der Waals surface area contributed by atoms with E-state index >= 15 is 0 Å². The maximum atomic E-state index is 13.5. The Balaban J connectivity index is 1.39. The highest BCUT2D eigenvalue weighted by atomic mass is 16.7. The van der Waals surface area contributed by atoms with E-state index in [4.69, 9.17) is 13.9 Å². The summed E-state index contributed by atoms with van der Waals surface area (Å²) in [6.45, 7) is 2.25. The summed E-state index contributed by atoms with van der Waals surface area (Å²) in [5, 5.41) is 0. The molecular weight excluding hydrogens is 356 g/mol. The molecule has 3 atom stereocenters. The van der Waals surface area contributed by atoms with Crippen molar-refractivity contribution in [3.8, 4) is 11.3 Å². The topological polar surface area (TPSA) is 64.8 Å². The van der Waals surface area contributed by atoms with E-state index in [9.17, 15) is 4.79 Å². The normalized spacial score (nSPS) is 26.2. The molecule has 0 radical (unpaired) electrons. The second-order valence-electron chi connectivity index (χ2n) is 7.82. The van der Waals surface area contributed by atoms with Crippen LogP contribution in [0.1, 0.15) is 23.3 Å². The zero-order valence-corrected chi connectivity index (χ0v) is 15.7. The van der Waals surface area contributed by atoms with Crippen molar-refractivity contribution < 1.29 is 18.7 Å². The minimum atomic E-state index is -0.370. The molecule has 2 aliphatic carbocycles. The van der Waals surface area contributed by atoms with Crippen LogP contribution < -0.4 is 0 Å². The molecule has 0 N–H and O–H groups in total. The van der Waals surface area contributed by atoms with E-state index in [1.165, 1.54) is 12.8 Å². The van der Waals surface area contributed by atoms with E-state index in [-0.39, 0.29) is 12.2 Å².